The number of hydrogen-bond donors (Lipinski definition) is 2. The van der Waals surface area contributed by atoms with E-state index in [1.807, 2.05) is 0 Å². The molecule has 2 N–H and O–H groups in total. The summed E-state index contributed by atoms with van der Waals surface area (Å²) in [7, 11) is 1.58. The molecule has 2 aromatic rings. The molecular weight excluding hydrogens is 340 g/mol. The summed E-state index contributed by atoms with van der Waals surface area (Å²) in [6, 6.07) is 6.92. The molecule has 3 rings (SSSR count). The van der Waals surface area contributed by atoms with Crippen LogP contribution in [0.1, 0.15) is 35.3 Å². The van der Waals surface area contributed by atoms with Gasteiger partial charge in [-0.1, -0.05) is 5.16 Å². The Labute approximate surface area is 150 Å². The summed E-state index contributed by atoms with van der Waals surface area (Å²) in [5.74, 6) is 1.39. The third-order valence-electron chi connectivity index (χ3n) is 3.74. The molecule has 9 heteroatoms. The lowest BCUT2D eigenvalue weighted by atomic mass is 10.3. The normalized spacial score (nSPS) is 13.1. The smallest absolute Gasteiger partial charge is 0.315 e. The molecule has 1 heterocycles. The minimum atomic E-state index is -0.451. The second-order valence-corrected chi connectivity index (χ2v) is 5.80. The summed E-state index contributed by atoms with van der Waals surface area (Å²) in [6.07, 6.45) is 2.07. The Hall–Kier alpha value is -3.10. The average Bonchev–Trinajstić information content (AvgIpc) is 3.40. The van der Waals surface area contributed by atoms with E-state index in [0.29, 0.717) is 23.2 Å². The Bertz CT molecular complexity index is 755. The lowest BCUT2D eigenvalue weighted by Crippen LogP contribution is -2.36. The van der Waals surface area contributed by atoms with Crippen molar-refractivity contribution in [3.05, 3.63) is 36.0 Å². The molecule has 1 aliphatic carbocycles. The van der Waals surface area contributed by atoms with Crippen LogP contribution in [0.3, 0.4) is 0 Å². The van der Waals surface area contributed by atoms with E-state index in [9.17, 15) is 9.59 Å². The van der Waals surface area contributed by atoms with Gasteiger partial charge in [-0.2, -0.15) is 4.98 Å². The van der Waals surface area contributed by atoms with E-state index in [-0.39, 0.29) is 31.5 Å². The zero-order valence-electron chi connectivity index (χ0n) is 14.4. The molecule has 0 radical (unpaired) electrons. The van der Waals surface area contributed by atoms with Crippen molar-refractivity contribution in [1.82, 2.24) is 20.8 Å². The highest BCUT2D eigenvalue weighted by molar-refractivity contribution is 5.89. The van der Waals surface area contributed by atoms with Gasteiger partial charge in [0.1, 0.15) is 11.5 Å². The van der Waals surface area contributed by atoms with E-state index in [1.54, 1.807) is 31.4 Å². The average molecular weight is 360 g/mol. The van der Waals surface area contributed by atoms with Gasteiger partial charge in [-0.15, -0.1) is 0 Å². The molecule has 1 aliphatic rings. The first-order valence-corrected chi connectivity index (χ1v) is 8.31. The molecule has 0 atom stereocenters. The van der Waals surface area contributed by atoms with Crippen molar-refractivity contribution in [2.24, 2.45) is 0 Å². The van der Waals surface area contributed by atoms with Gasteiger partial charge < -0.3 is 24.6 Å². The fourth-order valence-corrected chi connectivity index (χ4v) is 2.16. The Morgan fingerprint density at radius 2 is 1.85 bits per heavy atom. The largest absolute Gasteiger partial charge is 0.497 e. The number of benzene rings is 1. The van der Waals surface area contributed by atoms with Crippen molar-refractivity contribution >= 4 is 11.8 Å². The first-order valence-electron chi connectivity index (χ1n) is 8.31. The fourth-order valence-electron chi connectivity index (χ4n) is 2.16. The number of methoxy groups -OCH3 is 1. The minimum Gasteiger partial charge on any atom is -0.497 e. The molecular formula is C17H20N4O5. The zero-order valence-corrected chi connectivity index (χ0v) is 14.4. The van der Waals surface area contributed by atoms with Gasteiger partial charge in [0.15, 0.2) is 12.4 Å². The van der Waals surface area contributed by atoms with Crippen LogP contribution in [0.2, 0.25) is 0 Å². The maximum Gasteiger partial charge on any atom is 0.315 e. The minimum absolute atomic E-state index is 0.0546. The van der Waals surface area contributed by atoms with Gasteiger partial charge in [0.05, 0.1) is 7.11 Å². The molecule has 1 saturated carbocycles. The number of aromatic nitrogens is 2. The third-order valence-corrected chi connectivity index (χ3v) is 3.74. The van der Waals surface area contributed by atoms with Crippen LogP contribution in [0.25, 0.3) is 0 Å². The summed E-state index contributed by atoms with van der Waals surface area (Å²) >= 11 is 0. The summed E-state index contributed by atoms with van der Waals surface area (Å²) in [5.41, 5.74) is 0. The van der Waals surface area contributed by atoms with Gasteiger partial charge in [0.2, 0.25) is 0 Å². The van der Waals surface area contributed by atoms with Gasteiger partial charge in [-0.3, -0.25) is 9.59 Å². The second-order valence-electron chi connectivity index (χ2n) is 5.80. The monoisotopic (exact) mass is 360 g/mol. The molecule has 0 spiro atoms. The summed E-state index contributed by atoms with van der Waals surface area (Å²) < 4.78 is 15.3. The molecule has 1 aromatic carbocycles. The number of rotatable bonds is 9. The van der Waals surface area contributed by atoms with Crippen molar-refractivity contribution < 1.29 is 23.6 Å². The number of hydrogen-bond acceptors (Lipinski definition) is 7. The Kier molecular flexibility index (Phi) is 5.67. The lowest BCUT2D eigenvalue weighted by Gasteiger charge is -2.08. The molecule has 2 amide bonds. The van der Waals surface area contributed by atoms with Crippen LogP contribution in [-0.2, 0) is 4.79 Å². The number of nitrogens with one attached hydrogen (secondary N) is 2. The molecule has 1 fully saturated rings. The Morgan fingerprint density at radius 3 is 2.54 bits per heavy atom. The maximum atomic E-state index is 11.9. The lowest BCUT2D eigenvalue weighted by molar-refractivity contribution is -0.123. The molecule has 1 aromatic heterocycles. The van der Waals surface area contributed by atoms with E-state index in [0.717, 1.165) is 12.8 Å². The summed E-state index contributed by atoms with van der Waals surface area (Å²) in [5, 5.41) is 9.03. The van der Waals surface area contributed by atoms with Crippen LogP contribution < -0.4 is 20.1 Å². The standard InChI is InChI=1S/C17H20N4O5/c1-24-12-4-6-13(7-5-12)25-10-14(22)18-8-9-19-16(23)17-20-15(21-26-17)11-2-3-11/h4-7,11H,2-3,8-10H2,1H3,(H,18,22)(H,19,23). The van der Waals surface area contributed by atoms with E-state index >= 15 is 0 Å². The number of ether oxygens (including phenoxy) is 2. The number of amides is 2. The predicted octanol–water partition coefficient (Wildman–Crippen LogP) is 0.881. The number of nitrogens with zero attached hydrogens (tertiary/aromatic N) is 2. The highest BCUT2D eigenvalue weighted by atomic mass is 16.5. The van der Waals surface area contributed by atoms with E-state index < -0.39 is 5.91 Å². The maximum absolute atomic E-state index is 11.9. The van der Waals surface area contributed by atoms with Crippen LogP contribution in [0.4, 0.5) is 0 Å². The van der Waals surface area contributed by atoms with E-state index in [2.05, 4.69) is 20.8 Å². The molecule has 0 aliphatic heterocycles. The van der Waals surface area contributed by atoms with Crippen LogP contribution in [0.15, 0.2) is 28.8 Å². The van der Waals surface area contributed by atoms with Gasteiger partial charge in [0.25, 0.3) is 5.91 Å². The topological polar surface area (TPSA) is 116 Å². The van der Waals surface area contributed by atoms with Gasteiger partial charge in [-0.05, 0) is 37.1 Å². The van der Waals surface area contributed by atoms with Crippen LogP contribution in [0.5, 0.6) is 11.5 Å². The summed E-state index contributed by atoms with van der Waals surface area (Å²) in [6.45, 7) is 0.392. The molecule has 0 saturated heterocycles. The number of carbonyl (C=O) groups excluding carboxylic acids is 2. The SMILES string of the molecule is COc1ccc(OCC(=O)NCCNC(=O)c2nc(C3CC3)no2)cc1. The van der Waals surface area contributed by atoms with Crippen molar-refractivity contribution in [3.8, 4) is 11.5 Å². The third kappa shape index (κ3) is 4.95. The van der Waals surface area contributed by atoms with E-state index in [4.69, 9.17) is 14.0 Å². The number of carbonyl (C=O) groups is 2. The zero-order chi connectivity index (χ0) is 18.4. The molecule has 9 nitrogen and oxygen atoms in total. The first kappa shape index (κ1) is 17.7. The fraction of sp³-hybridized carbons (Fsp3) is 0.412. The van der Waals surface area contributed by atoms with Gasteiger partial charge in [0, 0.05) is 19.0 Å². The highest BCUT2D eigenvalue weighted by Gasteiger charge is 2.29. The van der Waals surface area contributed by atoms with Gasteiger partial charge in [-0.25, -0.2) is 0 Å². The van der Waals surface area contributed by atoms with Crippen molar-refractivity contribution in [3.63, 3.8) is 0 Å². The molecule has 138 valence electrons. The van der Waals surface area contributed by atoms with Crippen molar-refractivity contribution in [2.45, 2.75) is 18.8 Å². The van der Waals surface area contributed by atoms with Crippen molar-refractivity contribution in [2.75, 3.05) is 26.8 Å². The van der Waals surface area contributed by atoms with Gasteiger partial charge >= 0.3 is 11.8 Å². The quantitative estimate of drug-likeness (QED) is 0.638. The molecule has 26 heavy (non-hydrogen) atoms. The molecule has 0 unspecified atom stereocenters. The van der Waals surface area contributed by atoms with Crippen molar-refractivity contribution in [1.29, 1.82) is 0 Å². The van der Waals surface area contributed by atoms with Crippen LogP contribution in [-0.4, -0.2) is 48.8 Å². The summed E-state index contributed by atoms with van der Waals surface area (Å²) in [4.78, 5) is 27.6. The van der Waals surface area contributed by atoms with Crippen LogP contribution in [0, 0.1) is 0 Å². The first-order chi connectivity index (χ1) is 12.7. The highest BCUT2D eigenvalue weighted by Crippen LogP contribution is 2.38. The Balaban J connectivity index is 1.30. The second kappa shape index (κ2) is 8.32. The van der Waals surface area contributed by atoms with Crippen LogP contribution >= 0.6 is 0 Å². The van der Waals surface area contributed by atoms with E-state index in [1.165, 1.54) is 0 Å². The molecule has 0 bridgehead atoms. The predicted molar refractivity (Wildman–Crippen MR) is 90.1 cm³/mol. The Morgan fingerprint density at radius 1 is 1.15 bits per heavy atom.